The Labute approximate surface area is 110 Å². The van der Waals surface area contributed by atoms with Crippen LogP contribution >= 0.6 is 0 Å². The molecule has 1 aromatic carbocycles. The molecular formula is C13H16N4O2. The molecule has 6 heteroatoms. The van der Waals surface area contributed by atoms with Gasteiger partial charge in [0.05, 0.1) is 0 Å². The maximum absolute atomic E-state index is 11.7. The molecule has 0 aliphatic heterocycles. The number of hydrogen-bond acceptors (Lipinski definition) is 4. The third-order valence-corrected chi connectivity index (χ3v) is 2.73. The predicted molar refractivity (Wildman–Crippen MR) is 71.3 cm³/mol. The first-order valence-electron chi connectivity index (χ1n) is 5.94. The summed E-state index contributed by atoms with van der Waals surface area (Å²) in [5.74, 6) is -0.283. The molecule has 2 aromatic rings. The van der Waals surface area contributed by atoms with Crippen LogP contribution in [-0.2, 0) is 11.2 Å². The number of nitrogens with zero attached hydrogens (tertiary/aromatic N) is 1. The largest absolute Gasteiger partial charge is 0.382 e. The first-order chi connectivity index (χ1) is 9.16. The fraction of sp³-hybridized carbons (Fsp3) is 0.231. The van der Waals surface area contributed by atoms with E-state index in [9.17, 15) is 9.90 Å². The monoisotopic (exact) mass is 260 g/mol. The number of aromatic amines is 1. The Morgan fingerprint density at radius 3 is 2.79 bits per heavy atom. The van der Waals surface area contributed by atoms with Crippen LogP contribution in [-0.4, -0.2) is 33.1 Å². The summed E-state index contributed by atoms with van der Waals surface area (Å²) in [4.78, 5) is 18.3. The number of aromatic nitrogens is 2. The molecule has 0 radical (unpaired) electrons. The molecule has 0 saturated carbocycles. The molecule has 19 heavy (non-hydrogen) atoms. The van der Waals surface area contributed by atoms with Crippen molar-refractivity contribution < 1.29 is 9.90 Å². The molecule has 0 saturated heterocycles. The zero-order valence-electron chi connectivity index (χ0n) is 10.3. The van der Waals surface area contributed by atoms with Crippen LogP contribution in [0.3, 0.4) is 0 Å². The second-order valence-corrected chi connectivity index (χ2v) is 4.23. The number of rotatable bonds is 5. The summed E-state index contributed by atoms with van der Waals surface area (Å²) in [7, 11) is 0. The molecule has 0 bridgehead atoms. The summed E-state index contributed by atoms with van der Waals surface area (Å²) in [6.45, 7) is 0. The van der Waals surface area contributed by atoms with Crippen LogP contribution in [0.2, 0.25) is 0 Å². The minimum Gasteiger partial charge on any atom is -0.382 e. The molecule has 0 unspecified atom stereocenters. The Balaban J connectivity index is 1.91. The van der Waals surface area contributed by atoms with Crippen molar-refractivity contribution in [3.05, 3.63) is 48.3 Å². The Bertz CT molecular complexity index is 513. The minimum absolute atomic E-state index is 0.288. The van der Waals surface area contributed by atoms with Gasteiger partial charge in [-0.3, -0.25) is 10.1 Å². The average Bonchev–Trinajstić information content (AvgIpc) is 2.91. The lowest BCUT2D eigenvalue weighted by molar-refractivity contribution is -0.124. The van der Waals surface area contributed by atoms with Gasteiger partial charge in [0, 0.05) is 18.4 Å². The minimum atomic E-state index is -1.29. The van der Waals surface area contributed by atoms with Crippen molar-refractivity contribution in [2.24, 2.45) is 5.73 Å². The molecule has 0 spiro atoms. The van der Waals surface area contributed by atoms with E-state index >= 15 is 0 Å². The molecule has 2 rings (SSSR count). The van der Waals surface area contributed by atoms with Gasteiger partial charge < -0.3 is 15.8 Å². The normalized spacial score (nSPS) is 13.8. The Kier molecular flexibility index (Phi) is 4.27. The molecule has 6 nitrogen and oxygen atoms in total. The zero-order valence-corrected chi connectivity index (χ0v) is 10.3. The highest BCUT2D eigenvalue weighted by Crippen LogP contribution is 2.06. The highest BCUT2D eigenvalue weighted by molar-refractivity contribution is 5.93. The number of nitrogens with one attached hydrogen (secondary N) is 2. The lowest BCUT2D eigenvalue weighted by Gasteiger charge is -2.17. The first-order valence-corrected chi connectivity index (χ1v) is 5.94. The van der Waals surface area contributed by atoms with E-state index in [1.807, 2.05) is 30.3 Å². The topological polar surface area (TPSA) is 104 Å². The number of benzene rings is 1. The first kappa shape index (κ1) is 13.3. The van der Waals surface area contributed by atoms with Gasteiger partial charge >= 0.3 is 0 Å². The molecule has 5 N–H and O–H groups in total. The summed E-state index contributed by atoms with van der Waals surface area (Å²) in [6.07, 6.45) is 2.22. The quantitative estimate of drug-likeness (QED) is 0.619. The molecule has 0 aliphatic rings. The maximum atomic E-state index is 11.7. The van der Waals surface area contributed by atoms with Crippen molar-refractivity contribution in [1.82, 2.24) is 9.97 Å². The van der Waals surface area contributed by atoms with E-state index < -0.39 is 18.1 Å². The van der Waals surface area contributed by atoms with E-state index in [0.717, 1.165) is 5.56 Å². The summed E-state index contributed by atoms with van der Waals surface area (Å²) in [6, 6.07) is 8.80. The number of nitrogens with two attached hydrogens (primary N) is 1. The predicted octanol–water partition coefficient (Wildman–Crippen LogP) is 0.279. The third-order valence-electron chi connectivity index (χ3n) is 2.73. The van der Waals surface area contributed by atoms with E-state index in [2.05, 4.69) is 15.3 Å². The number of aliphatic hydroxyl groups excluding tert-OH is 1. The Hall–Kier alpha value is -2.18. The number of hydrogen-bond donors (Lipinski definition) is 4. The molecule has 2 atom stereocenters. The molecule has 0 aliphatic carbocycles. The molecular weight excluding hydrogens is 244 g/mol. The van der Waals surface area contributed by atoms with Crippen LogP contribution in [0.25, 0.3) is 0 Å². The van der Waals surface area contributed by atoms with Gasteiger partial charge in [-0.25, -0.2) is 4.98 Å². The van der Waals surface area contributed by atoms with Crippen LogP contribution < -0.4 is 11.1 Å². The van der Waals surface area contributed by atoms with E-state index in [0.29, 0.717) is 6.42 Å². The second-order valence-electron chi connectivity index (χ2n) is 4.23. The van der Waals surface area contributed by atoms with Crippen LogP contribution in [0.5, 0.6) is 0 Å². The van der Waals surface area contributed by atoms with Gasteiger partial charge in [-0.1, -0.05) is 30.3 Å². The molecule has 100 valence electrons. The van der Waals surface area contributed by atoms with Crippen molar-refractivity contribution in [2.45, 2.75) is 18.6 Å². The number of carbonyl (C=O) groups is 1. The van der Waals surface area contributed by atoms with Crippen molar-refractivity contribution in [1.29, 1.82) is 0 Å². The van der Waals surface area contributed by atoms with Crippen LogP contribution in [0.4, 0.5) is 5.95 Å². The summed E-state index contributed by atoms with van der Waals surface area (Å²) < 4.78 is 0. The lowest BCUT2D eigenvalue weighted by Crippen LogP contribution is -2.44. The van der Waals surface area contributed by atoms with E-state index in [1.54, 1.807) is 6.20 Å². The van der Waals surface area contributed by atoms with Crippen LogP contribution in [0.1, 0.15) is 5.56 Å². The maximum Gasteiger partial charge on any atom is 0.257 e. The molecule has 1 heterocycles. The number of imidazole rings is 1. The summed E-state index contributed by atoms with van der Waals surface area (Å²) >= 11 is 0. The van der Waals surface area contributed by atoms with Gasteiger partial charge in [0.2, 0.25) is 5.95 Å². The standard InChI is InChI=1S/C13H16N4O2/c14-10(8-9-4-2-1-3-5-9)11(18)12(19)17-13-15-6-7-16-13/h1-7,10-11,18H,8,14H2,(H2,15,16,17,19)/t10-,11+/m0/s1. The second kappa shape index (κ2) is 6.12. The van der Waals surface area contributed by atoms with Gasteiger partial charge in [-0.05, 0) is 12.0 Å². The molecule has 0 fully saturated rings. The summed E-state index contributed by atoms with van der Waals surface area (Å²) in [5, 5.41) is 12.3. The highest BCUT2D eigenvalue weighted by Gasteiger charge is 2.23. The Morgan fingerprint density at radius 2 is 2.16 bits per heavy atom. The Morgan fingerprint density at radius 1 is 1.42 bits per heavy atom. The molecule has 1 aromatic heterocycles. The van der Waals surface area contributed by atoms with Gasteiger partial charge in [0.15, 0.2) is 0 Å². The van der Waals surface area contributed by atoms with Gasteiger partial charge in [0.1, 0.15) is 6.10 Å². The average molecular weight is 260 g/mol. The van der Waals surface area contributed by atoms with E-state index in [4.69, 9.17) is 5.73 Å². The zero-order chi connectivity index (χ0) is 13.7. The number of carbonyl (C=O) groups excluding carboxylic acids is 1. The highest BCUT2D eigenvalue weighted by atomic mass is 16.3. The number of anilines is 1. The molecule has 1 amide bonds. The SMILES string of the molecule is N[C@@H](Cc1ccccc1)[C@@H](O)C(=O)Nc1ncc[nH]1. The van der Waals surface area contributed by atoms with Gasteiger partial charge in [0.25, 0.3) is 5.91 Å². The third kappa shape index (κ3) is 3.64. The van der Waals surface area contributed by atoms with Crippen LogP contribution in [0.15, 0.2) is 42.7 Å². The number of amides is 1. The van der Waals surface area contributed by atoms with E-state index in [-0.39, 0.29) is 5.95 Å². The van der Waals surface area contributed by atoms with Crippen molar-refractivity contribution in [3.63, 3.8) is 0 Å². The van der Waals surface area contributed by atoms with Crippen LogP contribution in [0, 0.1) is 0 Å². The number of aliphatic hydroxyl groups is 1. The van der Waals surface area contributed by atoms with Crippen molar-refractivity contribution >= 4 is 11.9 Å². The lowest BCUT2D eigenvalue weighted by atomic mass is 10.0. The fourth-order valence-electron chi connectivity index (χ4n) is 1.72. The summed E-state index contributed by atoms with van der Waals surface area (Å²) in [5.41, 5.74) is 6.81. The van der Waals surface area contributed by atoms with E-state index in [1.165, 1.54) is 6.20 Å². The fourth-order valence-corrected chi connectivity index (χ4v) is 1.72. The van der Waals surface area contributed by atoms with Crippen molar-refractivity contribution in [3.8, 4) is 0 Å². The smallest absolute Gasteiger partial charge is 0.257 e. The van der Waals surface area contributed by atoms with Gasteiger partial charge in [-0.2, -0.15) is 0 Å². The van der Waals surface area contributed by atoms with Crippen molar-refractivity contribution in [2.75, 3.05) is 5.32 Å². The van der Waals surface area contributed by atoms with Gasteiger partial charge in [-0.15, -0.1) is 0 Å². The number of H-pyrrole nitrogens is 1.